The number of ether oxygens (including phenoxy) is 2. The Morgan fingerprint density at radius 1 is 1.50 bits per heavy atom. The van der Waals surface area contributed by atoms with Crippen molar-refractivity contribution < 1.29 is 29.6 Å². The number of Topliss-reactive ketones (excluding diaryl/α,β-unsaturated/α-hetero) is 1. The zero-order valence-corrected chi connectivity index (χ0v) is 9.00. The van der Waals surface area contributed by atoms with Gasteiger partial charge in [0.2, 0.25) is 0 Å². The van der Waals surface area contributed by atoms with E-state index in [0.717, 1.165) is 0 Å². The summed E-state index contributed by atoms with van der Waals surface area (Å²) in [5, 5.41) is 28.9. The fourth-order valence-corrected chi connectivity index (χ4v) is 2.32. The molecule has 2 heterocycles. The maximum atomic E-state index is 11.0. The first-order valence-electron chi connectivity index (χ1n) is 5.26. The second-order valence-electron chi connectivity index (χ2n) is 4.53. The summed E-state index contributed by atoms with van der Waals surface area (Å²) in [6.45, 7) is 1.01. The van der Waals surface area contributed by atoms with Crippen LogP contribution in [0.5, 0.6) is 0 Å². The average molecular weight is 232 g/mol. The van der Waals surface area contributed by atoms with Gasteiger partial charge in [-0.15, -0.1) is 0 Å². The van der Waals surface area contributed by atoms with E-state index < -0.39 is 36.6 Å². The third-order valence-electron chi connectivity index (χ3n) is 3.28. The summed E-state index contributed by atoms with van der Waals surface area (Å²) in [4.78, 5) is 11.0. The Balaban J connectivity index is 2.19. The SMILES string of the molecule is CC(=O)C[C@H]1[C@H]2OC[C@](CO)(O2)[C@H](O)[C@@H]1O. The van der Waals surface area contributed by atoms with Gasteiger partial charge in [-0.1, -0.05) is 0 Å². The Morgan fingerprint density at radius 2 is 2.19 bits per heavy atom. The lowest BCUT2D eigenvalue weighted by Gasteiger charge is -2.41. The summed E-state index contributed by atoms with van der Waals surface area (Å²) in [5.74, 6) is -0.679. The molecule has 2 saturated heterocycles. The molecule has 6 nitrogen and oxygen atoms in total. The molecule has 2 aliphatic rings. The van der Waals surface area contributed by atoms with Crippen LogP contribution in [0.1, 0.15) is 13.3 Å². The highest BCUT2D eigenvalue weighted by molar-refractivity contribution is 5.75. The Morgan fingerprint density at radius 3 is 2.75 bits per heavy atom. The average Bonchev–Trinajstić information content (AvgIpc) is 2.65. The zero-order valence-electron chi connectivity index (χ0n) is 9.00. The van der Waals surface area contributed by atoms with E-state index in [-0.39, 0.29) is 18.8 Å². The van der Waals surface area contributed by atoms with E-state index in [4.69, 9.17) is 9.47 Å². The Hall–Kier alpha value is -0.530. The van der Waals surface area contributed by atoms with Gasteiger partial charge < -0.3 is 29.6 Å². The highest BCUT2D eigenvalue weighted by atomic mass is 16.7. The quantitative estimate of drug-likeness (QED) is 0.543. The largest absolute Gasteiger partial charge is 0.393 e. The summed E-state index contributed by atoms with van der Waals surface area (Å²) in [6, 6.07) is 0. The molecule has 0 saturated carbocycles. The first-order chi connectivity index (χ1) is 7.50. The molecule has 2 fully saturated rings. The summed E-state index contributed by atoms with van der Waals surface area (Å²) in [6.07, 6.45) is -2.99. The Bertz CT molecular complexity index is 293. The molecule has 0 spiro atoms. The molecule has 0 unspecified atom stereocenters. The standard InChI is InChI=1S/C10H16O6/c1-5(12)2-6-7(13)8(14)10(3-11)4-15-9(6)16-10/h6-9,11,13-14H,2-4H2,1H3/t6-,7-,8-,9+,10+/m1/s1. The van der Waals surface area contributed by atoms with Crippen LogP contribution < -0.4 is 0 Å². The highest BCUT2D eigenvalue weighted by Gasteiger charge is 2.58. The predicted molar refractivity (Wildman–Crippen MR) is 51.4 cm³/mol. The van der Waals surface area contributed by atoms with Crippen LogP contribution in [0.25, 0.3) is 0 Å². The minimum Gasteiger partial charge on any atom is -0.393 e. The zero-order chi connectivity index (χ0) is 11.9. The molecule has 0 radical (unpaired) electrons. The normalized spacial score (nSPS) is 47.0. The fourth-order valence-electron chi connectivity index (χ4n) is 2.32. The number of carbonyl (C=O) groups is 1. The number of carbonyl (C=O) groups excluding carboxylic acids is 1. The molecule has 2 aliphatic heterocycles. The van der Waals surface area contributed by atoms with Crippen LogP contribution >= 0.6 is 0 Å². The van der Waals surface area contributed by atoms with E-state index >= 15 is 0 Å². The van der Waals surface area contributed by atoms with Crippen LogP contribution in [-0.2, 0) is 14.3 Å². The van der Waals surface area contributed by atoms with E-state index in [2.05, 4.69) is 0 Å². The maximum absolute atomic E-state index is 11.0. The van der Waals surface area contributed by atoms with Crippen molar-refractivity contribution in [2.45, 2.75) is 37.4 Å². The molecule has 0 aliphatic carbocycles. The first-order valence-corrected chi connectivity index (χ1v) is 5.26. The topological polar surface area (TPSA) is 96.2 Å². The number of aliphatic hydroxyl groups excluding tert-OH is 3. The lowest BCUT2D eigenvalue weighted by molar-refractivity contribution is -0.248. The maximum Gasteiger partial charge on any atom is 0.164 e. The van der Waals surface area contributed by atoms with Crippen molar-refractivity contribution in [3.8, 4) is 0 Å². The minimum absolute atomic E-state index is 0.0286. The number of hydrogen-bond acceptors (Lipinski definition) is 6. The van der Waals surface area contributed by atoms with Gasteiger partial charge in [-0.3, -0.25) is 0 Å². The number of ketones is 1. The second-order valence-corrected chi connectivity index (χ2v) is 4.53. The number of fused-ring (bicyclic) bond motifs is 2. The van der Waals surface area contributed by atoms with Crippen LogP contribution in [0.2, 0.25) is 0 Å². The molecular weight excluding hydrogens is 216 g/mol. The summed E-state index contributed by atoms with van der Waals surface area (Å²) in [7, 11) is 0. The lowest BCUT2D eigenvalue weighted by atomic mass is 9.83. The monoisotopic (exact) mass is 232 g/mol. The summed E-state index contributed by atoms with van der Waals surface area (Å²) < 4.78 is 10.7. The van der Waals surface area contributed by atoms with Crippen LogP contribution in [0, 0.1) is 5.92 Å². The summed E-state index contributed by atoms with van der Waals surface area (Å²) in [5.41, 5.74) is -1.24. The van der Waals surface area contributed by atoms with E-state index in [1.54, 1.807) is 0 Å². The van der Waals surface area contributed by atoms with Crippen molar-refractivity contribution in [1.82, 2.24) is 0 Å². The van der Waals surface area contributed by atoms with Gasteiger partial charge in [-0.05, 0) is 6.92 Å². The molecule has 0 aromatic heterocycles. The molecule has 92 valence electrons. The van der Waals surface area contributed by atoms with Crippen molar-refractivity contribution in [2.75, 3.05) is 13.2 Å². The molecule has 3 N–H and O–H groups in total. The molecule has 6 heteroatoms. The van der Waals surface area contributed by atoms with Gasteiger partial charge in [0.15, 0.2) is 6.29 Å². The van der Waals surface area contributed by atoms with E-state index in [1.807, 2.05) is 0 Å². The van der Waals surface area contributed by atoms with Crippen molar-refractivity contribution in [3.63, 3.8) is 0 Å². The van der Waals surface area contributed by atoms with Gasteiger partial charge in [-0.25, -0.2) is 0 Å². The van der Waals surface area contributed by atoms with Crippen LogP contribution in [-0.4, -0.2) is 58.4 Å². The smallest absolute Gasteiger partial charge is 0.164 e. The van der Waals surface area contributed by atoms with Gasteiger partial charge in [0.05, 0.1) is 19.3 Å². The first kappa shape index (κ1) is 11.9. The second kappa shape index (κ2) is 4.05. The van der Waals surface area contributed by atoms with Crippen LogP contribution in [0.3, 0.4) is 0 Å². The van der Waals surface area contributed by atoms with Crippen molar-refractivity contribution in [1.29, 1.82) is 0 Å². The Kier molecular flexibility index (Phi) is 3.02. The van der Waals surface area contributed by atoms with Crippen molar-refractivity contribution in [3.05, 3.63) is 0 Å². The van der Waals surface area contributed by atoms with Gasteiger partial charge in [0.25, 0.3) is 0 Å². The van der Waals surface area contributed by atoms with E-state index in [9.17, 15) is 20.1 Å². The number of rotatable bonds is 3. The van der Waals surface area contributed by atoms with E-state index in [1.165, 1.54) is 6.92 Å². The number of hydrogen-bond donors (Lipinski definition) is 3. The third-order valence-corrected chi connectivity index (χ3v) is 3.28. The molecule has 0 aromatic carbocycles. The molecule has 2 rings (SSSR count). The lowest BCUT2D eigenvalue weighted by Crippen LogP contribution is -2.60. The van der Waals surface area contributed by atoms with Gasteiger partial charge in [0, 0.05) is 12.3 Å². The van der Waals surface area contributed by atoms with Gasteiger partial charge >= 0.3 is 0 Å². The van der Waals surface area contributed by atoms with Crippen LogP contribution in [0.15, 0.2) is 0 Å². The van der Waals surface area contributed by atoms with Crippen molar-refractivity contribution in [2.24, 2.45) is 5.92 Å². The molecule has 0 amide bonds. The fraction of sp³-hybridized carbons (Fsp3) is 0.900. The number of aliphatic hydroxyl groups is 3. The van der Waals surface area contributed by atoms with Crippen molar-refractivity contribution >= 4 is 5.78 Å². The predicted octanol–water partition coefficient (Wildman–Crippen LogP) is -1.58. The molecule has 16 heavy (non-hydrogen) atoms. The minimum atomic E-state index is -1.24. The highest BCUT2D eigenvalue weighted by Crippen LogP contribution is 2.40. The van der Waals surface area contributed by atoms with Gasteiger partial charge in [-0.2, -0.15) is 0 Å². The Labute approximate surface area is 92.8 Å². The summed E-state index contributed by atoms with van der Waals surface area (Å²) >= 11 is 0. The van der Waals surface area contributed by atoms with E-state index in [0.29, 0.717) is 0 Å². The van der Waals surface area contributed by atoms with Gasteiger partial charge in [0.1, 0.15) is 17.5 Å². The molecule has 5 atom stereocenters. The third kappa shape index (κ3) is 1.66. The molecule has 0 aromatic rings. The molecule has 2 bridgehead atoms. The van der Waals surface area contributed by atoms with Crippen LogP contribution in [0.4, 0.5) is 0 Å². The molecular formula is C10H16O6.